The number of rotatable bonds is 3. The van der Waals surface area contributed by atoms with Crippen LogP contribution in [0.1, 0.15) is 18.5 Å². The lowest BCUT2D eigenvalue weighted by molar-refractivity contribution is -0.119. The molecule has 0 aliphatic rings. The number of carbonyl (C=O) groups excluding carboxylic acids is 1. The molecule has 0 radical (unpaired) electrons. The Kier molecular flexibility index (Phi) is 3.64. The van der Waals surface area contributed by atoms with Crippen LogP contribution in [0.15, 0.2) is 42.5 Å². The summed E-state index contributed by atoms with van der Waals surface area (Å²) < 4.78 is 0. The molecule has 2 rings (SSSR count). The van der Waals surface area contributed by atoms with Crippen LogP contribution in [-0.2, 0) is 4.79 Å². The molecule has 17 heavy (non-hydrogen) atoms. The van der Waals surface area contributed by atoms with Gasteiger partial charge in [0.15, 0.2) is 0 Å². The first-order valence-electron chi connectivity index (χ1n) is 5.55. The number of hydrogen-bond acceptors (Lipinski definition) is 1. The minimum absolute atomic E-state index is 0.00486. The first kappa shape index (κ1) is 11.9. The van der Waals surface area contributed by atoms with E-state index in [1.807, 2.05) is 31.2 Å². The molecule has 2 aromatic rings. The van der Waals surface area contributed by atoms with Gasteiger partial charge in [0.05, 0.1) is 6.04 Å². The number of amides is 1. The third-order valence-corrected chi connectivity index (χ3v) is 3.03. The summed E-state index contributed by atoms with van der Waals surface area (Å²) in [4.78, 5) is 11.3. The smallest absolute Gasteiger partial charge is 0.235 e. The number of alkyl halides is 1. The fraction of sp³-hybridized carbons (Fsp3) is 0.214. The third-order valence-electron chi connectivity index (χ3n) is 2.79. The zero-order valence-corrected chi connectivity index (χ0v) is 10.4. The molecule has 0 aliphatic heterocycles. The van der Waals surface area contributed by atoms with Gasteiger partial charge in [-0.15, -0.1) is 11.6 Å². The van der Waals surface area contributed by atoms with Crippen molar-refractivity contribution in [2.45, 2.75) is 13.0 Å². The number of carbonyl (C=O) groups is 1. The summed E-state index contributed by atoms with van der Waals surface area (Å²) in [6.07, 6.45) is 0. The Balaban J connectivity index is 2.38. The zero-order chi connectivity index (χ0) is 12.3. The van der Waals surface area contributed by atoms with Crippen molar-refractivity contribution in [2.75, 3.05) is 5.88 Å². The van der Waals surface area contributed by atoms with Crippen molar-refractivity contribution in [3.8, 4) is 0 Å². The Morgan fingerprint density at radius 3 is 2.71 bits per heavy atom. The Morgan fingerprint density at radius 1 is 1.24 bits per heavy atom. The Labute approximate surface area is 106 Å². The van der Waals surface area contributed by atoms with E-state index in [9.17, 15) is 4.79 Å². The molecule has 0 aliphatic carbocycles. The molecule has 0 saturated heterocycles. The number of halogens is 1. The van der Waals surface area contributed by atoms with Crippen LogP contribution >= 0.6 is 11.6 Å². The van der Waals surface area contributed by atoms with Gasteiger partial charge in [-0.2, -0.15) is 0 Å². The largest absolute Gasteiger partial charge is 0.349 e. The SMILES string of the molecule is CC(NC(=O)CCl)c1cccc2ccccc12. The van der Waals surface area contributed by atoms with Crippen LogP contribution in [0.4, 0.5) is 0 Å². The maximum atomic E-state index is 11.3. The molecule has 0 heterocycles. The summed E-state index contributed by atoms with van der Waals surface area (Å²) >= 11 is 5.49. The van der Waals surface area contributed by atoms with Crippen molar-refractivity contribution >= 4 is 28.3 Å². The van der Waals surface area contributed by atoms with Gasteiger partial charge in [-0.1, -0.05) is 42.5 Å². The van der Waals surface area contributed by atoms with E-state index in [0.717, 1.165) is 10.9 Å². The van der Waals surface area contributed by atoms with Gasteiger partial charge in [0.1, 0.15) is 5.88 Å². The normalized spacial score (nSPS) is 12.4. The Hall–Kier alpha value is -1.54. The molecule has 1 amide bonds. The minimum atomic E-state index is -0.146. The standard InChI is InChI=1S/C14H14ClNO/c1-10(16-14(17)9-15)12-8-4-6-11-5-2-3-7-13(11)12/h2-8,10H,9H2,1H3,(H,16,17). The summed E-state index contributed by atoms with van der Waals surface area (Å²) in [5.74, 6) is -0.151. The van der Waals surface area contributed by atoms with E-state index in [4.69, 9.17) is 11.6 Å². The van der Waals surface area contributed by atoms with Crippen molar-refractivity contribution in [1.29, 1.82) is 0 Å². The maximum absolute atomic E-state index is 11.3. The lowest BCUT2D eigenvalue weighted by Crippen LogP contribution is -2.27. The summed E-state index contributed by atoms with van der Waals surface area (Å²) in [6, 6.07) is 14.2. The Bertz CT molecular complexity index is 533. The van der Waals surface area contributed by atoms with Crippen LogP contribution in [0.3, 0.4) is 0 Å². The molecular formula is C14H14ClNO. The molecule has 0 aromatic heterocycles. The quantitative estimate of drug-likeness (QED) is 0.829. The molecular weight excluding hydrogens is 234 g/mol. The monoisotopic (exact) mass is 247 g/mol. The second-order valence-corrected chi connectivity index (χ2v) is 4.26. The summed E-state index contributed by atoms with van der Waals surface area (Å²) in [5.41, 5.74) is 1.11. The van der Waals surface area contributed by atoms with E-state index in [2.05, 4.69) is 23.5 Å². The highest BCUT2D eigenvalue weighted by Crippen LogP contribution is 2.23. The summed E-state index contributed by atoms with van der Waals surface area (Å²) in [7, 11) is 0. The van der Waals surface area contributed by atoms with Crippen molar-refractivity contribution < 1.29 is 4.79 Å². The molecule has 3 heteroatoms. The van der Waals surface area contributed by atoms with Crippen molar-refractivity contribution in [3.05, 3.63) is 48.0 Å². The average molecular weight is 248 g/mol. The topological polar surface area (TPSA) is 29.1 Å². The molecule has 1 N–H and O–H groups in total. The highest BCUT2D eigenvalue weighted by molar-refractivity contribution is 6.27. The molecule has 1 unspecified atom stereocenters. The summed E-state index contributed by atoms with van der Waals surface area (Å²) in [6.45, 7) is 1.96. The van der Waals surface area contributed by atoms with Crippen LogP contribution < -0.4 is 5.32 Å². The van der Waals surface area contributed by atoms with Gasteiger partial charge in [0.25, 0.3) is 0 Å². The van der Waals surface area contributed by atoms with Gasteiger partial charge in [0, 0.05) is 0 Å². The molecule has 2 nitrogen and oxygen atoms in total. The Morgan fingerprint density at radius 2 is 1.94 bits per heavy atom. The highest BCUT2D eigenvalue weighted by atomic mass is 35.5. The molecule has 2 aromatic carbocycles. The molecule has 0 saturated carbocycles. The predicted octanol–water partition coefficient (Wildman–Crippen LogP) is 3.26. The number of nitrogens with one attached hydrogen (secondary N) is 1. The van der Waals surface area contributed by atoms with Gasteiger partial charge in [-0.25, -0.2) is 0 Å². The van der Waals surface area contributed by atoms with Crippen LogP contribution in [0, 0.1) is 0 Å². The molecule has 0 fully saturated rings. The van der Waals surface area contributed by atoms with Crippen LogP contribution in [-0.4, -0.2) is 11.8 Å². The second kappa shape index (κ2) is 5.19. The average Bonchev–Trinajstić information content (AvgIpc) is 2.37. The van der Waals surface area contributed by atoms with Gasteiger partial charge < -0.3 is 5.32 Å². The second-order valence-electron chi connectivity index (χ2n) is 3.99. The van der Waals surface area contributed by atoms with E-state index in [1.54, 1.807) is 0 Å². The highest BCUT2D eigenvalue weighted by Gasteiger charge is 2.10. The van der Waals surface area contributed by atoms with E-state index < -0.39 is 0 Å². The number of fused-ring (bicyclic) bond motifs is 1. The van der Waals surface area contributed by atoms with Crippen LogP contribution in [0.25, 0.3) is 10.8 Å². The van der Waals surface area contributed by atoms with E-state index in [-0.39, 0.29) is 17.8 Å². The number of hydrogen-bond donors (Lipinski definition) is 1. The van der Waals surface area contributed by atoms with E-state index in [0.29, 0.717) is 0 Å². The van der Waals surface area contributed by atoms with Gasteiger partial charge in [0.2, 0.25) is 5.91 Å². The summed E-state index contributed by atoms with van der Waals surface area (Å²) in [5, 5.41) is 5.21. The van der Waals surface area contributed by atoms with E-state index >= 15 is 0 Å². The zero-order valence-electron chi connectivity index (χ0n) is 9.61. The molecule has 1 atom stereocenters. The van der Waals surface area contributed by atoms with Crippen molar-refractivity contribution in [1.82, 2.24) is 5.32 Å². The van der Waals surface area contributed by atoms with Gasteiger partial charge in [-0.05, 0) is 23.3 Å². The first-order chi connectivity index (χ1) is 8.22. The van der Waals surface area contributed by atoms with Gasteiger partial charge >= 0.3 is 0 Å². The fourth-order valence-corrected chi connectivity index (χ4v) is 2.06. The molecule has 88 valence electrons. The van der Waals surface area contributed by atoms with Crippen LogP contribution in [0.2, 0.25) is 0 Å². The van der Waals surface area contributed by atoms with E-state index in [1.165, 1.54) is 5.39 Å². The lowest BCUT2D eigenvalue weighted by atomic mass is 10.00. The first-order valence-corrected chi connectivity index (χ1v) is 6.09. The number of benzene rings is 2. The van der Waals surface area contributed by atoms with Crippen LogP contribution in [0.5, 0.6) is 0 Å². The fourth-order valence-electron chi connectivity index (χ4n) is 1.99. The predicted molar refractivity (Wildman–Crippen MR) is 71.2 cm³/mol. The maximum Gasteiger partial charge on any atom is 0.235 e. The third kappa shape index (κ3) is 2.59. The van der Waals surface area contributed by atoms with Crippen molar-refractivity contribution in [3.63, 3.8) is 0 Å². The lowest BCUT2D eigenvalue weighted by Gasteiger charge is -2.15. The molecule has 0 bridgehead atoms. The van der Waals surface area contributed by atoms with Gasteiger partial charge in [-0.3, -0.25) is 4.79 Å². The van der Waals surface area contributed by atoms with Crippen molar-refractivity contribution in [2.24, 2.45) is 0 Å². The molecule has 0 spiro atoms. The minimum Gasteiger partial charge on any atom is -0.349 e.